The highest BCUT2D eigenvalue weighted by Crippen LogP contribution is 2.35. The second-order valence-electron chi connectivity index (χ2n) is 7.05. The maximum absolute atomic E-state index is 12.5. The molecule has 10 heteroatoms. The smallest absolute Gasteiger partial charge is 0.363 e. The third-order valence-electron chi connectivity index (χ3n) is 4.81. The number of aliphatic imine (C=N–C) groups is 1. The van der Waals surface area contributed by atoms with Crippen molar-refractivity contribution < 1.29 is 23.9 Å². The molecule has 1 aliphatic rings. The zero-order valence-electron chi connectivity index (χ0n) is 17.7. The lowest BCUT2D eigenvalue weighted by Gasteiger charge is -2.13. The van der Waals surface area contributed by atoms with Crippen LogP contribution in [0, 0.1) is 13.7 Å². The van der Waals surface area contributed by atoms with Crippen molar-refractivity contribution in [1.82, 2.24) is 0 Å². The number of non-ortho nitro benzene ring substituents is 1. The number of carbonyl (C=O) groups is 1. The van der Waals surface area contributed by atoms with E-state index in [0.29, 0.717) is 33.2 Å². The van der Waals surface area contributed by atoms with Crippen molar-refractivity contribution in [3.63, 3.8) is 0 Å². The van der Waals surface area contributed by atoms with Crippen LogP contribution in [0.3, 0.4) is 0 Å². The molecule has 0 saturated heterocycles. The van der Waals surface area contributed by atoms with Gasteiger partial charge in [-0.3, -0.25) is 10.1 Å². The first-order chi connectivity index (χ1) is 16.4. The van der Waals surface area contributed by atoms with E-state index >= 15 is 0 Å². The highest BCUT2D eigenvalue weighted by Gasteiger charge is 2.26. The van der Waals surface area contributed by atoms with Crippen LogP contribution in [0.15, 0.2) is 71.4 Å². The molecule has 172 valence electrons. The van der Waals surface area contributed by atoms with Crippen LogP contribution in [0.5, 0.6) is 11.5 Å². The fourth-order valence-corrected chi connectivity index (χ4v) is 3.90. The van der Waals surface area contributed by atoms with Crippen LogP contribution in [-0.2, 0) is 16.1 Å². The van der Waals surface area contributed by atoms with Gasteiger partial charge < -0.3 is 14.2 Å². The molecule has 0 N–H and O–H groups in total. The zero-order valence-corrected chi connectivity index (χ0v) is 20.6. The van der Waals surface area contributed by atoms with E-state index in [1.165, 1.54) is 25.3 Å². The minimum atomic E-state index is -0.627. The summed E-state index contributed by atoms with van der Waals surface area (Å²) in [5.74, 6) is 0.267. The lowest BCUT2D eigenvalue weighted by Crippen LogP contribution is -2.06. The second kappa shape index (κ2) is 10.2. The fourth-order valence-electron chi connectivity index (χ4n) is 3.21. The Morgan fingerprint density at radius 1 is 1.18 bits per heavy atom. The summed E-state index contributed by atoms with van der Waals surface area (Å²) in [6.07, 6.45) is 1.53. The Balaban J connectivity index is 1.66. The number of nitro benzene ring substituents is 1. The van der Waals surface area contributed by atoms with Gasteiger partial charge in [0.05, 0.1) is 22.6 Å². The summed E-state index contributed by atoms with van der Waals surface area (Å²) in [7, 11) is 1.49. The first-order valence-corrected chi connectivity index (χ1v) is 11.3. The van der Waals surface area contributed by atoms with Crippen LogP contribution in [-0.4, -0.2) is 23.9 Å². The van der Waals surface area contributed by atoms with E-state index in [1.54, 1.807) is 42.5 Å². The molecule has 0 aliphatic carbocycles. The average Bonchev–Trinajstić information content (AvgIpc) is 3.19. The standard InChI is InChI=1S/C24H16ClIN2O6/c1-32-21-7-3-5-15(22(21)33-13-14-4-2-6-17(10-14)28(30)31)11-20-24(29)34-23(27-20)18-12-16(26)8-9-19(18)25/h2-12H,13H2,1H3/b20-11-. The molecule has 0 unspecified atom stereocenters. The Bertz CT molecular complexity index is 1360. The molecule has 0 fully saturated rings. The maximum atomic E-state index is 12.5. The third-order valence-corrected chi connectivity index (χ3v) is 5.81. The van der Waals surface area contributed by atoms with Gasteiger partial charge in [-0.1, -0.05) is 35.9 Å². The number of nitro groups is 1. The minimum Gasteiger partial charge on any atom is -0.493 e. The van der Waals surface area contributed by atoms with Crippen molar-refractivity contribution in [1.29, 1.82) is 0 Å². The van der Waals surface area contributed by atoms with Crippen LogP contribution >= 0.6 is 34.2 Å². The van der Waals surface area contributed by atoms with Gasteiger partial charge in [0.1, 0.15) is 6.61 Å². The van der Waals surface area contributed by atoms with Gasteiger partial charge >= 0.3 is 5.97 Å². The predicted molar refractivity (Wildman–Crippen MR) is 135 cm³/mol. The Morgan fingerprint density at radius 2 is 1.97 bits per heavy atom. The number of hydrogen-bond donors (Lipinski definition) is 0. The highest BCUT2D eigenvalue weighted by molar-refractivity contribution is 14.1. The van der Waals surface area contributed by atoms with Gasteiger partial charge in [-0.25, -0.2) is 9.79 Å². The molecule has 1 heterocycles. The average molecular weight is 591 g/mol. The molecule has 4 rings (SSSR count). The van der Waals surface area contributed by atoms with Crippen molar-refractivity contribution in [3.05, 3.63) is 102 Å². The fraction of sp³-hybridized carbons (Fsp3) is 0.0833. The van der Waals surface area contributed by atoms with Gasteiger partial charge in [0.15, 0.2) is 17.2 Å². The van der Waals surface area contributed by atoms with Crippen molar-refractivity contribution in [3.8, 4) is 11.5 Å². The summed E-state index contributed by atoms with van der Waals surface area (Å²) in [6.45, 7) is 0.0508. The molecule has 0 saturated carbocycles. The van der Waals surface area contributed by atoms with Crippen LogP contribution < -0.4 is 9.47 Å². The summed E-state index contributed by atoms with van der Waals surface area (Å²) in [5, 5.41) is 11.5. The maximum Gasteiger partial charge on any atom is 0.363 e. The van der Waals surface area contributed by atoms with Crippen molar-refractivity contribution >= 4 is 57.8 Å². The molecule has 3 aromatic rings. The van der Waals surface area contributed by atoms with E-state index < -0.39 is 10.9 Å². The molecule has 0 bridgehead atoms. The first kappa shape index (κ1) is 23.7. The Morgan fingerprint density at radius 3 is 2.74 bits per heavy atom. The van der Waals surface area contributed by atoms with E-state index in [-0.39, 0.29) is 23.9 Å². The molecular formula is C24H16ClIN2O6. The summed E-state index contributed by atoms with van der Waals surface area (Å²) >= 11 is 8.39. The molecule has 0 aromatic heterocycles. The highest BCUT2D eigenvalue weighted by atomic mass is 127. The monoisotopic (exact) mass is 590 g/mol. The number of ether oxygens (including phenoxy) is 3. The Labute approximate surface area is 213 Å². The van der Waals surface area contributed by atoms with Crippen LogP contribution in [0.25, 0.3) is 6.08 Å². The van der Waals surface area contributed by atoms with Gasteiger partial charge in [-0.05, 0) is 58.5 Å². The third kappa shape index (κ3) is 5.20. The van der Waals surface area contributed by atoms with Gasteiger partial charge in [-0.2, -0.15) is 0 Å². The zero-order chi connectivity index (χ0) is 24.2. The summed E-state index contributed by atoms with van der Waals surface area (Å²) in [4.78, 5) is 27.4. The molecule has 34 heavy (non-hydrogen) atoms. The number of esters is 1. The number of para-hydroxylation sites is 1. The van der Waals surface area contributed by atoms with Crippen LogP contribution in [0.4, 0.5) is 5.69 Å². The molecule has 0 atom stereocenters. The molecule has 0 spiro atoms. The quantitative estimate of drug-likeness (QED) is 0.114. The van der Waals surface area contributed by atoms with E-state index in [0.717, 1.165) is 3.57 Å². The number of hydrogen-bond acceptors (Lipinski definition) is 7. The lowest BCUT2D eigenvalue weighted by atomic mass is 10.1. The number of cyclic esters (lactones) is 1. The number of halogens is 2. The number of benzene rings is 3. The van der Waals surface area contributed by atoms with Crippen molar-refractivity contribution in [2.75, 3.05) is 7.11 Å². The van der Waals surface area contributed by atoms with Gasteiger partial charge in [0.25, 0.3) is 5.69 Å². The number of carbonyl (C=O) groups excluding carboxylic acids is 1. The number of methoxy groups -OCH3 is 1. The molecule has 0 radical (unpaired) electrons. The topological polar surface area (TPSA) is 100 Å². The van der Waals surface area contributed by atoms with E-state index in [2.05, 4.69) is 27.6 Å². The van der Waals surface area contributed by atoms with Crippen molar-refractivity contribution in [2.45, 2.75) is 6.61 Å². The summed E-state index contributed by atoms with van der Waals surface area (Å²) in [5.41, 5.74) is 1.67. The molecule has 0 amide bonds. The largest absolute Gasteiger partial charge is 0.493 e. The van der Waals surface area contributed by atoms with Gasteiger partial charge in [0, 0.05) is 21.3 Å². The predicted octanol–water partition coefficient (Wildman–Crippen LogP) is 5.78. The Hall–Kier alpha value is -3.44. The Kier molecular flexibility index (Phi) is 7.13. The van der Waals surface area contributed by atoms with E-state index in [1.807, 2.05) is 6.07 Å². The normalized spacial score (nSPS) is 14.0. The number of rotatable bonds is 7. The molecule has 3 aromatic carbocycles. The SMILES string of the molecule is COc1cccc(/C=C2\N=C(c3cc(I)ccc3Cl)OC2=O)c1OCc1cccc([N+](=O)[O-])c1. The summed E-state index contributed by atoms with van der Waals surface area (Å²) < 4.78 is 17.6. The number of nitrogens with zero attached hydrogens (tertiary/aromatic N) is 2. The van der Waals surface area contributed by atoms with Gasteiger partial charge in [0.2, 0.25) is 5.90 Å². The van der Waals surface area contributed by atoms with E-state index in [4.69, 9.17) is 25.8 Å². The lowest BCUT2D eigenvalue weighted by molar-refractivity contribution is -0.384. The second-order valence-corrected chi connectivity index (χ2v) is 8.71. The molecule has 1 aliphatic heterocycles. The van der Waals surface area contributed by atoms with Gasteiger partial charge in [-0.15, -0.1) is 0 Å². The first-order valence-electron chi connectivity index (χ1n) is 9.87. The van der Waals surface area contributed by atoms with E-state index in [9.17, 15) is 14.9 Å². The molecular weight excluding hydrogens is 575 g/mol. The summed E-state index contributed by atoms with van der Waals surface area (Å²) in [6, 6.07) is 16.6. The van der Waals surface area contributed by atoms with Crippen LogP contribution in [0.2, 0.25) is 5.02 Å². The minimum absolute atomic E-state index is 0.0340. The van der Waals surface area contributed by atoms with Crippen molar-refractivity contribution in [2.24, 2.45) is 4.99 Å². The molecule has 8 nitrogen and oxygen atoms in total. The van der Waals surface area contributed by atoms with Crippen LogP contribution in [0.1, 0.15) is 16.7 Å².